The Balaban J connectivity index is 1.45. The molecule has 1 N–H and O–H groups in total. The second-order valence-corrected chi connectivity index (χ2v) is 10.3. The summed E-state index contributed by atoms with van der Waals surface area (Å²) in [6.45, 7) is 4.58. The summed E-state index contributed by atoms with van der Waals surface area (Å²) >= 11 is 0. The van der Waals surface area contributed by atoms with E-state index < -0.39 is 23.1 Å². The van der Waals surface area contributed by atoms with E-state index in [9.17, 15) is 22.8 Å². The molecule has 0 bridgehead atoms. The molecule has 1 fully saturated rings. The van der Waals surface area contributed by atoms with E-state index in [0.717, 1.165) is 24.1 Å². The summed E-state index contributed by atoms with van der Waals surface area (Å²) in [5, 5.41) is 3.51. The van der Waals surface area contributed by atoms with Crippen molar-refractivity contribution >= 4 is 11.9 Å². The minimum absolute atomic E-state index is 0.00587. The number of carbonyl (C=O) groups is 2. The van der Waals surface area contributed by atoms with Crippen LogP contribution in [0.2, 0.25) is 0 Å². The van der Waals surface area contributed by atoms with Gasteiger partial charge in [0.2, 0.25) is 5.91 Å². The number of nitrogens with zero attached hydrogens (tertiary/aromatic N) is 1. The van der Waals surface area contributed by atoms with E-state index in [0.29, 0.717) is 42.0 Å². The average molecular weight is 535 g/mol. The molecule has 2 atom stereocenters. The lowest BCUT2D eigenvalue weighted by Crippen LogP contribution is -2.48. The molecule has 2 aliphatic rings. The van der Waals surface area contributed by atoms with Crippen LogP contribution in [0.5, 0.6) is 11.5 Å². The molecule has 7 nitrogen and oxygen atoms in total. The van der Waals surface area contributed by atoms with Crippen LogP contribution in [0.4, 0.5) is 13.2 Å². The van der Waals surface area contributed by atoms with Gasteiger partial charge in [-0.25, -0.2) is 4.79 Å². The van der Waals surface area contributed by atoms with Gasteiger partial charge in [0.25, 0.3) is 0 Å². The first-order valence-corrected chi connectivity index (χ1v) is 12.6. The summed E-state index contributed by atoms with van der Waals surface area (Å²) in [5.74, 6) is 0.242. The van der Waals surface area contributed by atoms with Gasteiger partial charge in [-0.1, -0.05) is 19.9 Å². The Hall–Kier alpha value is -3.27. The monoisotopic (exact) mass is 534 g/mol. The maximum absolute atomic E-state index is 13.8. The summed E-state index contributed by atoms with van der Waals surface area (Å²) < 4.78 is 55.4. The van der Waals surface area contributed by atoms with Crippen LogP contribution in [-0.2, 0) is 28.8 Å². The summed E-state index contributed by atoms with van der Waals surface area (Å²) in [6.07, 6.45) is -2.45. The number of methoxy groups -OCH3 is 2. The van der Waals surface area contributed by atoms with Crippen LogP contribution in [-0.4, -0.2) is 43.8 Å². The third kappa shape index (κ3) is 5.45. The summed E-state index contributed by atoms with van der Waals surface area (Å²) in [4.78, 5) is 27.5. The molecule has 0 saturated heterocycles. The van der Waals surface area contributed by atoms with Gasteiger partial charge in [0.15, 0.2) is 6.73 Å². The van der Waals surface area contributed by atoms with Crippen LogP contribution >= 0.6 is 0 Å². The Labute approximate surface area is 220 Å². The fourth-order valence-electron chi connectivity index (χ4n) is 5.48. The van der Waals surface area contributed by atoms with Gasteiger partial charge < -0.3 is 24.4 Å². The number of hydrogen-bond donors (Lipinski definition) is 1. The van der Waals surface area contributed by atoms with E-state index in [2.05, 4.69) is 5.32 Å². The molecule has 1 heterocycles. The van der Waals surface area contributed by atoms with Gasteiger partial charge in [-0.2, -0.15) is 13.2 Å². The zero-order chi connectivity index (χ0) is 27.7. The molecule has 0 unspecified atom stereocenters. The fourth-order valence-corrected chi connectivity index (χ4v) is 5.48. The lowest BCUT2D eigenvalue weighted by atomic mass is 9.74. The Morgan fingerprint density at radius 2 is 1.95 bits per heavy atom. The molecular weight excluding hydrogens is 501 g/mol. The molecule has 38 heavy (non-hydrogen) atoms. The Kier molecular flexibility index (Phi) is 7.92. The second kappa shape index (κ2) is 10.8. The maximum atomic E-state index is 13.8. The number of rotatable bonds is 7. The van der Waals surface area contributed by atoms with Crippen LogP contribution in [0.3, 0.4) is 0 Å². The number of nitrogens with one attached hydrogen (secondary N) is 1. The topological polar surface area (TPSA) is 77.1 Å². The van der Waals surface area contributed by atoms with Crippen molar-refractivity contribution < 1.29 is 37.0 Å². The van der Waals surface area contributed by atoms with Gasteiger partial charge in [0.1, 0.15) is 17.1 Å². The number of esters is 1. The molecule has 1 aliphatic heterocycles. The molecule has 206 valence electrons. The lowest BCUT2D eigenvalue weighted by Gasteiger charge is -2.39. The van der Waals surface area contributed by atoms with Crippen LogP contribution in [0.25, 0.3) is 0 Å². The molecule has 0 aromatic heterocycles. The van der Waals surface area contributed by atoms with Crippen molar-refractivity contribution in [1.29, 1.82) is 0 Å². The van der Waals surface area contributed by atoms with E-state index in [1.807, 2.05) is 19.9 Å². The molecule has 10 heteroatoms. The molecule has 2 aromatic carbocycles. The summed E-state index contributed by atoms with van der Waals surface area (Å²) in [6, 6.07) is 8.75. The van der Waals surface area contributed by atoms with Crippen molar-refractivity contribution in [3.8, 4) is 11.5 Å². The number of ether oxygens (including phenoxy) is 3. The van der Waals surface area contributed by atoms with E-state index in [4.69, 9.17) is 14.2 Å². The number of halogens is 3. The molecule has 1 aliphatic carbocycles. The van der Waals surface area contributed by atoms with Crippen LogP contribution in [0, 0.1) is 11.3 Å². The minimum Gasteiger partial charge on any atom is -0.496 e. The molecule has 0 radical (unpaired) electrons. The average Bonchev–Trinajstić information content (AvgIpc) is 3.35. The normalized spacial score (nSPS) is 21.2. The first-order chi connectivity index (χ1) is 18.0. The Morgan fingerprint density at radius 3 is 2.61 bits per heavy atom. The van der Waals surface area contributed by atoms with Gasteiger partial charge in [0, 0.05) is 18.2 Å². The number of carbonyl (C=O) groups excluding carboxylic acids is 2. The second-order valence-electron chi connectivity index (χ2n) is 10.3. The molecule has 2 aromatic rings. The predicted molar refractivity (Wildman–Crippen MR) is 134 cm³/mol. The van der Waals surface area contributed by atoms with Crippen molar-refractivity contribution in [2.45, 2.75) is 58.4 Å². The van der Waals surface area contributed by atoms with Crippen LogP contribution < -0.4 is 14.8 Å². The molecule has 0 spiro atoms. The standard InChI is InChI=1S/C28H33F3N2O5/c1-17(2)27(26(35)33-15-19-12-20(28(29,30)31)6-8-23(19)38-16-33)10-9-21(13-27)32-14-18-5-7-24(36-3)22(11-18)25(34)37-4/h5-8,11-12,17,21,32H,9-10,13-16H2,1-4H3/t21-,27+/m1/s1. The molecule has 4 rings (SSSR count). The Morgan fingerprint density at radius 1 is 1.18 bits per heavy atom. The van der Waals surface area contributed by atoms with Gasteiger partial charge in [-0.05, 0) is 61.1 Å². The molecule has 1 saturated carbocycles. The lowest BCUT2D eigenvalue weighted by molar-refractivity contribution is -0.149. The zero-order valence-corrected chi connectivity index (χ0v) is 22.0. The van der Waals surface area contributed by atoms with Gasteiger partial charge in [-0.3, -0.25) is 4.79 Å². The highest BCUT2D eigenvalue weighted by molar-refractivity contribution is 5.92. The van der Waals surface area contributed by atoms with Crippen molar-refractivity contribution in [1.82, 2.24) is 10.2 Å². The number of hydrogen-bond acceptors (Lipinski definition) is 6. The first kappa shape index (κ1) is 27.8. The maximum Gasteiger partial charge on any atom is 0.416 e. The van der Waals surface area contributed by atoms with Crippen molar-refractivity contribution in [3.05, 3.63) is 58.7 Å². The summed E-state index contributed by atoms with van der Waals surface area (Å²) in [7, 11) is 2.80. The smallest absolute Gasteiger partial charge is 0.416 e. The minimum atomic E-state index is -4.47. The zero-order valence-electron chi connectivity index (χ0n) is 22.0. The Bertz CT molecular complexity index is 1200. The predicted octanol–water partition coefficient (Wildman–Crippen LogP) is 5.16. The van der Waals surface area contributed by atoms with Crippen LogP contribution in [0.1, 0.15) is 60.2 Å². The van der Waals surface area contributed by atoms with Gasteiger partial charge in [0.05, 0.1) is 31.7 Å². The highest BCUT2D eigenvalue weighted by atomic mass is 19.4. The molecule has 1 amide bonds. The fraction of sp³-hybridized carbons (Fsp3) is 0.500. The van der Waals surface area contributed by atoms with E-state index in [-0.39, 0.29) is 31.1 Å². The first-order valence-electron chi connectivity index (χ1n) is 12.6. The van der Waals surface area contributed by atoms with Crippen LogP contribution in [0.15, 0.2) is 36.4 Å². The van der Waals surface area contributed by atoms with E-state index >= 15 is 0 Å². The van der Waals surface area contributed by atoms with Crippen molar-refractivity contribution in [2.75, 3.05) is 21.0 Å². The number of fused-ring (bicyclic) bond motifs is 1. The van der Waals surface area contributed by atoms with Crippen molar-refractivity contribution in [3.63, 3.8) is 0 Å². The summed E-state index contributed by atoms with van der Waals surface area (Å²) in [5.41, 5.74) is 0.156. The SMILES string of the molecule is COC(=O)c1cc(CN[C@@H]2CC[C@@](C(=O)N3COc4ccc(C(F)(F)F)cc4C3)(C(C)C)C2)ccc1OC. The van der Waals surface area contributed by atoms with Gasteiger partial charge >= 0.3 is 12.1 Å². The quantitative estimate of drug-likeness (QED) is 0.495. The van der Waals surface area contributed by atoms with Gasteiger partial charge in [-0.15, -0.1) is 0 Å². The van der Waals surface area contributed by atoms with E-state index in [1.165, 1.54) is 25.2 Å². The number of benzene rings is 2. The van der Waals surface area contributed by atoms with E-state index in [1.54, 1.807) is 12.1 Å². The third-order valence-electron chi connectivity index (χ3n) is 7.76. The van der Waals surface area contributed by atoms with Crippen molar-refractivity contribution in [2.24, 2.45) is 11.3 Å². The number of alkyl halides is 3. The third-order valence-corrected chi connectivity index (χ3v) is 7.76. The highest BCUT2D eigenvalue weighted by Gasteiger charge is 2.49. The highest BCUT2D eigenvalue weighted by Crippen LogP contribution is 2.47. The molecular formula is C28H33F3N2O5. The number of amides is 1. The largest absolute Gasteiger partial charge is 0.496 e.